The van der Waals surface area contributed by atoms with Crippen LogP contribution in [0.2, 0.25) is 0 Å². The Labute approximate surface area is 147 Å². The van der Waals surface area contributed by atoms with Crippen LogP contribution in [0.3, 0.4) is 0 Å². The second-order valence-corrected chi connectivity index (χ2v) is 9.66. The lowest BCUT2D eigenvalue weighted by Gasteiger charge is -2.27. The van der Waals surface area contributed by atoms with Crippen LogP contribution in [0.15, 0.2) is 0 Å². The van der Waals surface area contributed by atoms with Crippen molar-refractivity contribution in [3.05, 3.63) is 11.4 Å². The van der Waals surface area contributed by atoms with E-state index < -0.39 is 0 Å². The maximum Gasteiger partial charge on any atom is 0.0859 e. The molecular weight excluding hydrogens is 296 g/mol. The highest BCUT2D eigenvalue weighted by Gasteiger charge is 2.49. The first-order chi connectivity index (χ1) is 11.2. The number of hydrogen-bond donors (Lipinski definition) is 1. The zero-order valence-corrected chi connectivity index (χ0v) is 16.5. The molecule has 0 aliphatic heterocycles. The van der Waals surface area contributed by atoms with Crippen LogP contribution in [0.5, 0.6) is 0 Å². The van der Waals surface area contributed by atoms with E-state index in [1.165, 1.54) is 37.2 Å². The van der Waals surface area contributed by atoms with Gasteiger partial charge >= 0.3 is 0 Å². The Morgan fingerprint density at radius 3 is 2.38 bits per heavy atom. The maximum absolute atomic E-state index is 4.57. The first-order valence-electron chi connectivity index (χ1n) is 9.92. The molecule has 0 spiro atoms. The van der Waals surface area contributed by atoms with Gasteiger partial charge in [-0.3, -0.25) is 0 Å². The molecule has 4 heteroatoms. The Kier molecular flexibility index (Phi) is 4.80. The quantitative estimate of drug-likeness (QED) is 0.888. The van der Waals surface area contributed by atoms with Crippen molar-refractivity contribution >= 4 is 0 Å². The molecule has 2 aliphatic rings. The first kappa shape index (κ1) is 17.9. The highest BCUT2D eigenvalue weighted by Crippen LogP contribution is 2.52. The van der Waals surface area contributed by atoms with Crippen molar-refractivity contribution in [1.29, 1.82) is 0 Å². The topological polar surface area (TPSA) is 42.7 Å². The largest absolute Gasteiger partial charge is 0.312 e. The number of rotatable bonds is 5. The summed E-state index contributed by atoms with van der Waals surface area (Å²) in [6, 6.07) is 0. The summed E-state index contributed by atoms with van der Waals surface area (Å²) in [7, 11) is 0. The van der Waals surface area contributed by atoms with Crippen LogP contribution < -0.4 is 5.32 Å². The lowest BCUT2D eigenvalue weighted by Crippen LogP contribution is -2.37. The summed E-state index contributed by atoms with van der Waals surface area (Å²) >= 11 is 0. The van der Waals surface area contributed by atoms with Gasteiger partial charge in [0, 0.05) is 5.54 Å². The maximum atomic E-state index is 4.57. The van der Waals surface area contributed by atoms with Crippen LogP contribution in [0.4, 0.5) is 0 Å². The van der Waals surface area contributed by atoms with Crippen LogP contribution in [0, 0.1) is 17.8 Å². The van der Waals surface area contributed by atoms with Gasteiger partial charge in [0.2, 0.25) is 0 Å². The molecule has 0 bridgehead atoms. The fourth-order valence-corrected chi connectivity index (χ4v) is 4.70. The highest BCUT2D eigenvalue weighted by atomic mass is 15.5. The zero-order chi connectivity index (χ0) is 17.5. The van der Waals surface area contributed by atoms with Gasteiger partial charge in [-0.05, 0) is 91.0 Å². The normalized spacial score (nSPS) is 27.2. The minimum Gasteiger partial charge on any atom is -0.312 e. The predicted octanol–water partition coefficient (Wildman–Crippen LogP) is 3.94. The van der Waals surface area contributed by atoms with Gasteiger partial charge in [0.15, 0.2) is 0 Å². The van der Waals surface area contributed by atoms with Crippen LogP contribution in [-0.2, 0) is 18.4 Å². The molecule has 1 aromatic rings. The lowest BCUT2D eigenvalue weighted by atomic mass is 9.96. The van der Waals surface area contributed by atoms with E-state index in [1.807, 2.05) is 0 Å². The van der Waals surface area contributed by atoms with Crippen LogP contribution in [0.25, 0.3) is 0 Å². The first-order valence-corrected chi connectivity index (χ1v) is 9.92. The van der Waals surface area contributed by atoms with E-state index in [2.05, 4.69) is 61.9 Å². The number of nitrogens with one attached hydrogen (secondary N) is 1. The molecule has 0 saturated heterocycles. The van der Waals surface area contributed by atoms with E-state index in [9.17, 15) is 0 Å². The smallest absolute Gasteiger partial charge is 0.0859 e. The molecule has 0 unspecified atom stereocenters. The number of hydrogen-bond acceptors (Lipinski definition) is 3. The van der Waals surface area contributed by atoms with E-state index >= 15 is 0 Å². The van der Waals surface area contributed by atoms with E-state index in [1.54, 1.807) is 0 Å². The third-order valence-electron chi connectivity index (χ3n) is 6.08. The summed E-state index contributed by atoms with van der Waals surface area (Å²) < 4.78 is 2.25. The molecule has 0 radical (unpaired) electrons. The van der Waals surface area contributed by atoms with E-state index in [4.69, 9.17) is 0 Å². The van der Waals surface area contributed by atoms with Crippen molar-refractivity contribution in [3.8, 4) is 0 Å². The second-order valence-electron chi connectivity index (χ2n) is 9.66. The second kappa shape index (κ2) is 6.44. The van der Waals surface area contributed by atoms with Crippen molar-refractivity contribution in [3.63, 3.8) is 0 Å². The molecule has 3 atom stereocenters. The summed E-state index contributed by atoms with van der Waals surface area (Å²) in [4.78, 5) is 0. The number of nitrogens with zero attached hydrogens (tertiary/aromatic N) is 3. The van der Waals surface area contributed by atoms with Gasteiger partial charge in [0.05, 0.1) is 16.9 Å². The summed E-state index contributed by atoms with van der Waals surface area (Å²) in [6.45, 7) is 14.8. The molecule has 0 aromatic carbocycles. The lowest BCUT2D eigenvalue weighted by molar-refractivity contribution is 0.276. The van der Waals surface area contributed by atoms with Gasteiger partial charge in [-0.1, -0.05) is 18.6 Å². The van der Waals surface area contributed by atoms with Crippen molar-refractivity contribution < 1.29 is 0 Å². The third-order valence-corrected chi connectivity index (χ3v) is 6.08. The van der Waals surface area contributed by atoms with Crippen LogP contribution in [-0.4, -0.2) is 27.1 Å². The summed E-state index contributed by atoms with van der Waals surface area (Å²) in [6.07, 6.45) is 7.22. The Bertz CT molecular complexity index is 567. The molecule has 2 aliphatic carbocycles. The Hall–Kier alpha value is -0.900. The summed E-state index contributed by atoms with van der Waals surface area (Å²) in [5.41, 5.74) is 3.01. The van der Waals surface area contributed by atoms with Crippen molar-refractivity contribution in [2.45, 2.75) is 91.1 Å². The molecule has 1 heterocycles. The standard InChI is InChI=1S/C20H36N4/c1-7-12-20(5,6)24-18-11-9-15-14(8-10-17(18)22-23-24)16(15)13-21-19(2,3)4/h14-16,21H,7-13H2,1-6H3/t14-,15+,16-/m0/s1. The molecule has 0 amide bonds. The molecule has 1 saturated carbocycles. The SMILES string of the molecule is CCCC(C)(C)n1nnc2c1CC[C@@H]1[C@H](CC2)[C@@H]1CNC(C)(C)C. The number of aryl methyl sites for hydroxylation is 1. The minimum atomic E-state index is 0.0880. The molecule has 136 valence electrons. The summed E-state index contributed by atoms with van der Waals surface area (Å²) in [5, 5.41) is 12.8. The fourth-order valence-electron chi connectivity index (χ4n) is 4.70. The molecule has 1 N–H and O–H groups in total. The molecule has 1 aromatic heterocycles. The average Bonchev–Trinajstić information content (AvgIpc) is 2.93. The Morgan fingerprint density at radius 1 is 1.08 bits per heavy atom. The molecule has 3 rings (SSSR count). The van der Waals surface area contributed by atoms with Gasteiger partial charge in [-0.15, -0.1) is 5.10 Å². The third kappa shape index (κ3) is 3.68. The van der Waals surface area contributed by atoms with Crippen molar-refractivity contribution in [2.75, 3.05) is 6.54 Å². The molecule has 24 heavy (non-hydrogen) atoms. The van der Waals surface area contributed by atoms with E-state index in [-0.39, 0.29) is 11.1 Å². The van der Waals surface area contributed by atoms with Gasteiger partial charge in [0.25, 0.3) is 0 Å². The van der Waals surface area contributed by atoms with Crippen LogP contribution in [0.1, 0.15) is 78.6 Å². The Morgan fingerprint density at radius 2 is 1.75 bits per heavy atom. The zero-order valence-electron chi connectivity index (χ0n) is 16.5. The van der Waals surface area contributed by atoms with Crippen LogP contribution >= 0.6 is 0 Å². The van der Waals surface area contributed by atoms with Gasteiger partial charge in [0.1, 0.15) is 0 Å². The molecular formula is C20H36N4. The Balaban J connectivity index is 1.67. The van der Waals surface area contributed by atoms with Crippen molar-refractivity contribution in [2.24, 2.45) is 17.8 Å². The van der Waals surface area contributed by atoms with E-state index in [0.29, 0.717) is 0 Å². The minimum absolute atomic E-state index is 0.0880. The van der Waals surface area contributed by atoms with Crippen molar-refractivity contribution in [1.82, 2.24) is 20.3 Å². The van der Waals surface area contributed by atoms with Gasteiger partial charge in [-0.2, -0.15) is 0 Å². The number of fused-ring (bicyclic) bond motifs is 2. The molecule has 4 nitrogen and oxygen atoms in total. The van der Waals surface area contributed by atoms with Gasteiger partial charge in [-0.25, -0.2) is 4.68 Å². The monoisotopic (exact) mass is 332 g/mol. The highest BCUT2D eigenvalue weighted by molar-refractivity contribution is 5.17. The predicted molar refractivity (Wildman–Crippen MR) is 99.1 cm³/mol. The summed E-state index contributed by atoms with van der Waals surface area (Å²) in [5.74, 6) is 2.69. The van der Waals surface area contributed by atoms with Gasteiger partial charge < -0.3 is 5.32 Å². The number of aromatic nitrogens is 3. The fraction of sp³-hybridized carbons (Fsp3) is 0.900. The van der Waals surface area contributed by atoms with E-state index in [0.717, 1.165) is 37.0 Å². The average molecular weight is 333 g/mol. The molecule has 1 fully saturated rings.